The summed E-state index contributed by atoms with van der Waals surface area (Å²) in [5.74, 6) is 0. The number of nitrogens with zero attached hydrogens (tertiary/aromatic N) is 3. The van der Waals surface area contributed by atoms with E-state index in [2.05, 4.69) is 27.0 Å². The molecule has 1 saturated carbocycles. The summed E-state index contributed by atoms with van der Waals surface area (Å²) in [5.41, 5.74) is 2.35. The molecule has 0 atom stereocenters. The van der Waals surface area contributed by atoms with E-state index in [-0.39, 0.29) is 0 Å². The van der Waals surface area contributed by atoms with Crippen molar-refractivity contribution in [2.45, 2.75) is 38.9 Å². The normalized spacial score (nSPS) is 15.4. The molecule has 0 saturated heterocycles. The zero-order valence-electron chi connectivity index (χ0n) is 9.89. The van der Waals surface area contributed by atoms with Crippen LogP contribution in [0.5, 0.6) is 0 Å². The molecule has 17 heavy (non-hydrogen) atoms. The molecule has 90 valence electrons. The first kappa shape index (κ1) is 10.9. The molecule has 0 unspecified atom stereocenters. The number of nitrogens with one attached hydrogen (secondary N) is 1. The van der Waals surface area contributed by atoms with Crippen LogP contribution in [-0.4, -0.2) is 20.8 Å². The number of thiazole rings is 1. The maximum absolute atomic E-state index is 4.44. The van der Waals surface area contributed by atoms with Gasteiger partial charge in [-0.15, -0.1) is 11.3 Å². The highest BCUT2D eigenvalue weighted by Crippen LogP contribution is 2.19. The maximum Gasteiger partial charge on any atom is 0.114 e. The molecule has 1 fully saturated rings. The van der Waals surface area contributed by atoms with Crippen LogP contribution in [0.4, 0.5) is 0 Å². The van der Waals surface area contributed by atoms with Crippen molar-refractivity contribution in [1.29, 1.82) is 0 Å². The average molecular weight is 248 g/mol. The molecule has 2 aromatic heterocycles. The van der Waals surface area contributed by atoms with Crippen molar-refractivity contribution in [3.63, 3.8) is 0 Å². The molecular weight excluding hydrogens is 232 g/mol. The minimum Gasteiger partial charge on any atom is -0.310 e. The first-order chi connectivity index (χ1) is 8.29. The van der Waals surface area contributed by atoms with Gasteiger partial charge in [0.25, 0.3) is 0 Å². The Morgan fingerprint density at radius 3 is 3.12 bits per heavy atom. The van der Waals surface area contributed by atoms with Crippen molar-refractivity contribution < 1.29 is 0 Å². The van der Waals surface area contributed by atoms with Crippen LogP contribution in [0.2, 0.25) is 0 Å². The summed E-state index contributed by atoms with van der Waals surface area (Å²) >= 11 is 1.69. The second-order valence-corrected chi connectivity index (χ2v) is 5.53. The van der Waals surface area contributed by atoms with Gasteiger partial charge in [-0.1, -0.05) is 0 Å². The third-order valence-electron chi connectivity index (χ3n) is 2.82. The molecule has 4 nitrogen and oxygen atoms in total. The molecule has 2 heterocycles. The molecule has 0 spiro atoms. The topological polar surface area (TPSA) is 42.7 Å². The van der Waals surface area contributed by atoms with E-state index in [0.717, 1.165) is 29.8 Å². The average Bonchev–Trinajstić information content (AvgIpc) is 2.90. The number of aryl methyl sites for hydroxylation is 1. The summed E-state index contributed by atoms with van der Waals surface area (Å²) in [7, 11) is 0. The lowest BCUT2D eigenvalue weighted by molar-refractivity contribution is 0.672. The van der Waals surface area contributed by atoms with E-state index >= 15 is 0 Å². The third kappa shape index (κ3) is 2.92. The number of rotatable bonds is 5. The van der Waals surface area contributed by atoms with E-state index in [1.165, 1.54) is 18.4 Å². The molecule has 3 rings (SSSR count). The zero-order valence-corrected chi connectivity index (χ0v) is 10.7. The molecular formula is C12H16N4S. The van der Waals surface area contributed by atoms with Crippen molar-refractivity contribution in [2.24, 2.45) is 0 Å². The molecule has 2 aromatic rings. The van der Waals surface area contributed by atoms with Crippen LogP contribution in [0.25, 0.3) is 0 Å². The number of hydrogen-bond acceptors (Lipinski definition) is 4. The van der Waals surface area contributed by atoms with Crippen molar-refractivity contribution in [2.75, 3.05) is 0 Å². The van der Waals surface area contributed by atoms with Crippen LogP contribution in [0.15, 0.2) is 17.8 Å². The van der Waals surface area contributed by atoms with E-state index < -0.39 is 0 Å². The van der Waals surface area contributed by atoms with Crippen LogP contribution in [0.3, 0.4) is 0 Å². The fourth-order valence-electron chi connectivity index (χ4n) is 1.75. The highest BCUT2D eigenvalue weighted by molar-refractivity contribution is 7.09. The molecule has 1 N–H and O–H groups in total. The van der Waals surface area contributed by atoms with E-state index in [4.69, 9.17) is 0 Å². The van der Waals surface area contributed by atoms with Crippen LogP contribution >= 0.6 is 11.3 Å². The SMILES string of the molecule is Cc1csc(Cn2cc(CNC3CC3)cn2)n1. The van der Waals surface area contributed by atoms with Gasteiger partial charge in [-0.2, -0.15) is 5.10 Å². The molecule has 1 aliphatic rings. The summed E-state index contributed by atoms with van der Waals surface area (Å²) < 4.78 is 1.96. The number of hydrogen-bond donors (Lipinski definition) is 1. The van der Waals surface area contributed by atoms with E-state index in [1.807, 2.05) is 17.8 Å². The van der Waals surface area contributed by atoms with E-state index in [9.17, 15) is 0 Å². The quantitative estimate of drug-likeness (QED) is 0.879. The lowest BCUT2D eigenvalue weighted by Gasteiger charge is -1.98. The van der Waals surface area contributed by atoms with Gasteiger partial charge in [-0.05, 0) is 19.8 Å². The Hall–Kier alpha value is -1.20. The van der Waals surface area contributed by atoms with E-state index in [0.29, 0.717) is 0 Å². The minimum absolute atomic E-state index is 0.750. The largest absolute Gasteiger partial charge is 0.310 e. The zero-order chi connectivity index (χ0) is 11.7. The Labute approximate surface area is 105 Å². The van der Waals surface area contributed by atoms with Gasteiger partial charge in [0.1, 0.15) is 5.01 Å². The summed E-state index contributed by atoms with van der Waals surface area (Å²) in [5, 5.41) is 11.0. The van der Waals surface area contributed by atoms with Crippen molar-refractivity contribution in [3.05, 3.63) is 34.0 Å². The molecule has 0 aromatic carbocycles. The predicted molar refractivity (Wildman–Crippen MR) is 68.0 cm³/mol. The highest BCUT2D eigenvalue weighted by Gasteiger charge is 2.20. The lowest BCUT2D eigenvalue weighted by atomic mass is 10.3. The fourth-order valence-corrected chi connectivity index (χ4v) is 2.51. The fraction of sp³-hybridized carbons (Fsp3) is 0.500. The summed E-state index contributed by atoms with van der Waals surface area (Å²) in [6.45, 7) is 3.73. The Kier molecular flexibility index (Phi) is 2.94. The Balaban J connectivity index is 1.59. The Bertz CT molecular complexity index is 498. The van der Waals surface area contributed by atoms with Gasteiger partial charge in [0.2, 0.25) is 0 Å². The summed E-state index contributed by atoms with van der Waals surface area (Å²) in [6.07, 6.45) is 6.70. The smallest absolute Gasteiger partial charge is 0.114 e. The van der Waals surface area contributed by atoms with Gasteiger partial charge < -0.3 is 5.32 Å². The maximum atomic E-state index is 4.44. The third-order valence-corrected chi connectivity index (χ3v) is 3.77. The second kappa shape index (κ2) is 4.58. The van der Waals surface area contributed by atoms with Crippen molar-refractivity contribution in [1.82, 2.24) is 20.1 Å². The van der Waals surface area contributed by atoms with Gasteiger partial charge in [0.15, 0.2) is 0 Å². The summed E-state index contributed by atoms with van der Waals surface area (Å²) in [4.78, 5) is 4.44. The van der Waals surface area contributed by atoms with Gasteiger partial charge in [0, 0.05) is 35.4 Å². The Morgan fingerprint density at radius 2 is 2.41 bits per heavy atom. The minimum atomic E-state index is 0.750. The van der Waals surface area contributed by atoms with Crippen molar-refractivity contribution >= 4 is 11.3 Å². The first-order valence-corrected chi connectivity index (χ1v) is 6.83. The highest BCUT2D eigenvalue weighted by atomic mass is 32.1. The molecule has 0 radical (unpaired) electrons. The number of aromatic nitrogens is 3. The molecule has 5 heteroatoms. The van der Waals surface area contributed by atoms with Gasteiger partial charge in [0.05, 0.1) is 12.7 Å². The molecule has 0 aliphatic heterocycles. The van der Waals surface area contributed by atoms with Crippen molar-refractivity contribution in [3.8, 4) is 0 Å². The molecule has 1 aliphatic carbocycles. The predicted octanol–water partition coefficient (Wildman–Crippen LogP) is 1.95. The van der Waals surface area contributed by atoms with Crippen LogP contribution in [0.1, 0.15) is 29.1 Å². The monoisotopic (exact) mass is 248 g/mol. The second-order valence-electron chi connectivity index (χ2n) is 4.58. The van der Waals surface area contributed by atoms with Crippen LogP contribution in [-0.2, 0) is 13.1 Å². The van der Waals surface area contributed by atoms with Crippen LogP contribution in [0, 0.1) is 6.92 Å². The standard InChI is InChI=1S/C12H16N4S/c1-9-8-17-12(15-9)7-16-6-10(5-14-16)4-13-11-2-3-11/h5-6,8,11,13H,2-4,7H2,1H3. The molecule has 0 amide bonds. The van der Waals surface area contributed by atoms with Gasteiger partial charge in [-0.25, -0.2) is 4.98 Å². The lowest BCUT2D eigenvalue weighted by Crippen LogP contribution is -2.14. The van der Waals surface area contributed by atoms with E-state index in [1.54, 1.807) is 11.3 Å². The van der Waals surface area contributed by atoms with Gasteiger partial charge in [-0.3, -0.25) is 4.68 Å². The molecule has 0 bridgehead atoms. The van der Waals surface area contributed by atoms with Crippen LogP contribution < -0.4 is 5.32 Å². The first-order valence-electron chi connectivity index (χ1n) is 5.95. The summed E-state index contributed by atoms with van der Waals surface area (Å²) in [6, 6.07) is 0.750. The Morgan fingerprint density at radius 1 is 1.53 bits per heavy atom. The van der Waals surface area contributed by atoms with Gasteiger partial charge >= 0.3 is 0 Å².